The molecule has 0 spiro atoms. The maximum Gasteiger partial charge on any atom is 0.435 e. The van der Waals surface area contributed by atoms with Gasteiger partial charge in [-0.1, -0.05) is 79.5 Å². The fourth-order valence-electron chi connectivity index (χ4n) is 6.67. The molecular formula is C38H36Cl2F3N5O5S. The number of sulfonamides is 1. The number of carbonyl (C=O) groups is 2. The summed E-state index contributed by atoms with van der Waals surface area (Å²) in [6, 6.07) is 18.9. The summed E-state index contributed by atoms with van der Waals surface area (Å²) in [5.41, 5.74) is -0.765. The van der Waals surface area contributed by atoms with Gasteiger partial charge in [-0.15, -0.1) is 5.10 Å². The van der Waals surface area contributed by atoms with Gasteiger partial charge in [0, 0.05) is 35.6 Å². The van der Waals surface area contributed by atoms with Crippen LogP contribution in [0.15, 0.2) is 83.8 Å². The number of rotatable bonds is 11. The van der Waals surface area contributed by atoms with E-state index in [0.717, 1.165) is 29.3 Å². The smallest absolute Gasteiger partial charge is 0.394 e. The molecule has 1 aromatic heterocycles. The Labute approximate surface area is 320 Å². The zero-order valence-electron chi connectivity index (χ0n) is 29.2. The van der Waals surface area contributed by atoms with Gasteiger partial charge in [0.05, 0.1) is 28.8 Å². The maximum atomic E-state index is 14.9. The number of amides is 2. The number of aromatic nitrogens is 2. The normalized spacial score (nSPS) is 14.6. The standard InChI is InChI=1S/C38H36Cl2F3N5O5S/c1-3-16-46(17-4-2)35-33(40)34(38(41,42)43)48(44-35)32-15-13-25(19-30(32)37(51)47-21-26-9-6-5-8-24(26)18-27(47)22-49)36(50)45-54(52,53)28-14-12-23-10-7-11-31(39)29(23)20-28/h5-15,19-20,27,49H,3-4,16-18,21-22H2,1-2H3,(H,45,50)/t27-/m0/s1. The first-order chi connectivity index (χ1) is 25.7. The summed E-state index contributed by atoms with van der Waals surface area (Å²) in [4.78, 5) is 30.9. The third-order valence-electron chi connectivity index (χ3n) is 9.25. The maximum absolute atomic E-state index is 14.9. The summed E-state index contributed by atoms with van der Waals surface area (Å²) in [5, 5.41) is 15.4. The molecule has 0 radical (unpaired) electrons. The fourth-order valence-corrected chi connectivity index (χ4v) is 8.25. The SMILES string of the molecule is CCCN(CCC)c1nn(-c2ccc(C(=O)NS(=O)(=O)c3ccc4cccc(Cl)c4c3)cc2C(=O)N2Cc3ccccc3C[C@H]2CO)c(C(F)(F)F)c1Cl. The first-order valence-electron chi connectivity index (χ1n) is 17.2. The van der Waals surface area contributed by atoms with Crippen LogP contribution in [-0.4, -0.2) is 65.8 Å². The van der Waals surface area contributed by atoms with Crippen molar-refractivity contribution in [2.24, 2.45) is 0 Å². The van der Waals surface area contributed by atoms with Gasteiger partial charge in [-0.3, -0.25) is 9.59 Å². The first-order valence-corrected chi connectivity index (χ1v) is 19.4. The molecule has 5 aromatic rings. The number of hydrogen-bond donors (Lipinski definition) is 2. The van der Waals surface area contributed by atoms with Gasteiger partial charge in [0.2, 0.25) is 0 Å². The van der Waals surface area contributed by atoms with E-state index in [0.29, 0.717) is 46.4 Å². The lowest BCUT2D eigenvalue weighted by atomic mass is 9.93. The number of benzene rings is 4. The number of hydrogen-bond acceptors (Lipinski definition) is 7. The molecule has 0 saturated heterocycles. The van der Waals surface area contributed by atoms with Crippen molar-refractivity contribution in [2.75, 3.05) is 24.6 Å². The molecule has 2 amide bonds. The van der Waals surface area contributed by atoms with E-state index < -0.39 is 56.9 Å². The summed E-state index contributed by atoms with van der Waals surface area (Å²) >= 11 is 12.7. The molecule has 1 atom stereocenters. The van der Waals surface area contributed by atoms with E-state index in [-0.39, 0.29) is 34.9 Å². The molecule has 16 heteroatoms. The summed E-state index contributed by atoms with van der Waals surface area (Å²) in [7, 11) is -4.50. The molecule has 0 aliphatic carbocycles. The number of fused-ring (bicyclic) bond motifs is 2. The van der Waals surface area contributed by atoms with Crippen molar-refractivity contribution in [3.63, 3.8) is 0 Å². The lowest BCUT2D eigenvalue weighted by Crippen LogP contribution is -2.46. The van der Waals surface area contributed by atoms with Gasteiger partial charge >= 0.3 is 6.18 Å². The van der Waals surface area contributed by atoms with Crippen LogP contribution in [0, 0.1) is 0 Å². The third-order valence-corrected chi connectivity index (χ3v) is 11.3. The highest BCUT2D eigenvalue weighted by molar-refractivity contribution is 7.90. The molecule has 10 nitrogen and oxygen atoms in total. The van der Waals surface area contributed by atoms with Crippen molar-refractivity contribution in [2.45, 2.75) is 56.8 Å². The number of carbonyl (C=O) groups excluding carboxylic acids is 2. The van der Waals surface area contributed by atoms with E-state index in [1.165, 1.54) is 23.1 Å². The van der Waals surface area contributed by atoms with Crippen LogP contribution in [0.2, 0.25) is 10.0 Å². The van der Waals surface area contributed by atoms with Gasteiger partial charge in [0.1, 0.15) is 5.02 Å². The predicted octanol–water partition coefficient (Wildman–Crippen LogP) is 7.66. The molecule has 4 aromatic carbocycles. The second-order valence-electron chi connectivity index (χ2n) is 12.9. The highest BCUT2D eigenvalue weighted by Crippen LogP contribution is 2.42. The van der Waals surface area contributed by atoms with Crippen LogP contribution in [0.4, 0.5) is 19.0 Å². The largest absolute Gasteiger partial charge is 0.435 e. The summed E-state index contributed by atoms with van der Waals surface area (Å²) in [5.74, 6) is -2.10. The van der Waals surface area contributed by atoms with E-state index in [4.69, 9.17) is 23.2 Å². The van der Waals surface area contributed by atoms with Gasteiger partial charge in [0.25, 0.3) is 21.8 Å². The zero-order chi connectivity index (χ0) is 38.9. The minimum atomic E-state index is -5.03. The molecule has 1 aliphatic rings. The third kappa shape index (κ3) is 7.65. The molecule has 0 saturated carbocycles. The van der Waals surface area contributed by atoms with E-state index in [2.05, 4.69) is 5.10 Å². The van der Waals surface area contributed by atoms with Gasteiger partial charge < -0.3 is 14.9 Å². The van der Waals surface area contributed by atoms with E-state index in [9.17, 15) is 36.3 Å². The molecule has 54 heavy (non-hydrogen) atoms. The Morgan fingerprint density at radius 3 is 2.33 bits per heavy atom. The van der Waals surface area contributed by atoms with Crippen LogP contribution < -0.4 is 9.62 Å². The Kier molecular flexibility index (Phi) is 11.3. The van der Waals surface area contributed by atoms with Gasteiger partial charge in [-0.05, 0) is 72.2 Å². The van der Waals surface area contributed by atoms with Crippen molar-refractivity contribution in [3.05, 3.63) is 117 Å². The second kappa shape index (κ2) is 15.6. The summed E-state index contributed by atoms with van der Waals surface area (Å²) < 4.78 is 74.0. The van der Waals surface area contributed by atoms with Crippen LogP contribution in [0.25, 0.3) is 16.5 Å². The topological polar surface area (TPSA) is 125 Å². The number of anilines is 1. The second-order valence-corrected chi connectivity index (χ2v) is 15.4. The summed E-state index contributed by atoms with van der Waals surface area (Å²) in [6.45, 7) is 3.99. The van der Waals surface area contributed by atoms with Gasteiger partial charge in [0.15, 0.2) is 11.5 Å². The lowest BCUT2D eigenvalue weighted by Gasteiger charge is -2.36. The average Bonchev–Trinajstić information content (AvgIpc) is 3.50. The Hall–Kier alpha value is -4.63. The minimum Gasteiger partial charge on any atom is -0.394 e. The first kappa shape index (κ1) is 39.1. The molecule has 0 fully saturated rings. The van der Waals surface area contributed by atoms with Crippen molar-refractivity contribution in [3.8, 4) is 5.69 Å². The Morgan fingerprint density at radius 2 is 1.67 bits per heavy atom. The number of nitrogens with one attached hydrogen (secondary N) is 1. The van der Waals surface area contributed by atoms with E-state index >= 15 is 0 Å². The Morgan fingerprint density at radius 1 is 0.963 bits per heavy atom. The van der Waals surface area contributed by atoms with Crippen LogP contribution in [0.3, 0.4) is 0 Å². The quantitative estimate of drug-likeness (QED) is 0.141. The van der Waals surface area contributed by atoms with Crippen LogP contribution in [0.5, 0.6) is 0 Å². The van der Waals surface area contributed by atoms with Crippen LogP contribution in [-0.2, 0) is 29.2 Å². The molecular weight excluding hydrogens is 766 g/mol. The molecule has 0 bridgehead atoms. The molecule has 6 rings (SSSR count). The zero-order valence-corrected chi connectivity index (χ0v) is 31.5. The lowest BCUT2D eigenvalue weighted by molar-refractivity contribution is -0.142. The predicted molar refractivity (Wildman–Crippen MR) is 201 cm³/mol. The summed E-state index contributed by atoms with van der Waals surface area (Å²) in [6.07, 6.45) is -3.59. The number of aliphatic hydroxyl groups is 1. The average molecular weight is 803 g/mol. The van der Waals surface area contributed by atoms with Crippen LogP contribution in [0.1, 0.15) is 64.2 Å². The van der Waals surface area contributed by atoms with Gasteiger partial charge in [-0.25, -0.2) is 17.8 Å². The molecule has 2 heterocycles. The van der Waals surface area contributed by atoms with E-state index in [1.807, 2.05) is 30.7 Å². The van der Waals surface area contributed by atoms with Crippen molar-refractivity contribution >= 4 is 61.6 Å². The number of alkyl halides is 3. The monoisotopic (exact) mass is 801 g/mol. The van der Waals surface area contributed by atoms with Crippen molar-refractivity contribution in [1.29, 1.82) is 0 Å². The highest BCUT2D eigenvalue weighted by atomic mass is 35.5. The van der Waals surface area contributed by atoms with Crippen molar-refractivity contribution < 1.29 is 36.3 Å². The molecule has 1 aliphatic heterocycles. The highest BCUT2D eigenvalue weighted by Gasteiger charge is 2.42. The van der Waals surface area contributed by atoms with Gasteiger partial charge in [-0.2, -0.15) is 13.2 Å². The molecule has 0 unspecified atom stereocenters. The minimum absolute atomic E-state index is 0.00696. The van der Waals surface area contributed by atoms with Crippen LogP contribution >= 0.6 is 23.2 Å². The fraction of sp³-hybridized carbons (Fsp3) is 0.289. The number of nitrogens with zero attached hydrogens (tertiary/aromatic N) is 4. The van der Waals surface area contributed by atoms with Crippen molar-refractivity contribution in [1.82, 2.24) is 19.4 Å². The molecule has 284 valence electrons. The van der Waals surface area contributed by atoms with E-state index in [1.54, 1.807) is 35.2 Å². The number of aliphatic hydroxyl groups excluding tert-OH is 1. The Bertz CT molecular complexity index is 2350. The Balaban J connectivity index is 1.48. The molecule has 2 N–H and O–H groups in total. The number of halogens is 5.